The highest BCUT2D eigenvalue weighted by Gasteiger charge is 2.46. The fourth-order valence-corrected chi connectivity index (χ4v) is 3.99. The maximum Gasteiger partial charge on any atom is 0.127 e. The van der Waals surface area contributed by atoms with E-state index in [1.165, 1.54) is 12.0 Å². The fraction of sp³-hybridized carbons (Fsp3) is 0.778. The van der Waals surface area contributed by atoms with Crippen LogP contribution in [0.1, 0.15) is 63.3 Å². The minimum Gasteiger partial charge on any atom is -0.372 e. The summed E-state index contributed by atoms with van der Waals surface area (Å²) < 4.78 is 8.18. The van der Waals surface area contributed by atoms with Gasteiger partial charge < -0.3 is 4.74 Å². The van der Waals surface area contributed by atoms with E-state index in [0.717, 1.165) is 51.1 Å². The van der Waals surface area contributed by atoms with E-state index in [2.05, 4.69) is 43.0 Å². The van der Waals surface area contributed by atoms with E-state index in [1.54, 1.807) is 0 Å². The smallest absolute Gasteiger partial charge is 0.127 e. The average molecular weight is 316 g/mol. The Morgan fingerprint density at radius 2 is 2.17 bits per heavy atom. The first-order valence-electron chi connectivity index (χ1n) is 8.88. The van der Waals surface area contributed by atoms with Gasteiger partial charge in [0.15, 0.2) is 0 Å². The first-order chi connectivity index (χ1) is 11.1. The van der Waals surface area contributed by atoms with Crippen molar-refractivity contribution in [1.29, 1.82) is 5.26 Å². The number of nitrogens with zero attached hydrogens (tertiary/aromatic N) is 4. The molecule has 2 aliphatic rings. The molecule has 5 nitrogen and oxygen atoms in total. The van der Waals surface area contributed by atoms with Gasteiger partial charge in [-0.2, -0.15) is 10.4 Å². The van der Waals surface area contributed by atoms with Gasteiger partial charge in [0.2, 0.25) is 0 Å². The van der Waals surface area contributed by atoms with Crippen LogP contribution in [0.3, 0.4) is 0 Å². The minimum atomic E-state index is -0.243. The lowest BCUT2D eigenvalue weighted by atomic mass is 9.79. The van der Waals surface area contributed by atoms with E-state index >= 15 is 0 Å². The van der Waals surface area contributed by atoms with Gasteiger partial charge in [-0.25, -0.2) is 0 Å². The molecule has 1 spiro atoms. The monoisotopic (exact) mass is 316 g/mol. The third-order valence-corrected chi connectivity index (χ3v) is 5.34. The molecule has 3 heterocycles. The summed E-state index contributed by atoms with van der Waals surface area (Å²) in [6.45, 7) is 8.90. The van der Waals surface area contributed by atoms with Crippen LogP contribution in [0, 0.1) is 18.3 Å². The number of hydrogen-bond acceptors (Lipinski definition) is 4. The molecule has 0 aromatic carbocycles. The standard InChI is InChI=1S/C18H28N4O/c1-14(2)22-13-16(15(3)20-22)12-21-9-6-8-18(17(21)11-19)7-4-5-10-23-18/h13-14,17H,4-10,12H2,1-3H3/t17-,18-/m1/s1. The molecule has 1 aromatic heterocycles. The number of aromatic nitrogens is 2. The summed E-state index contributed by atoms with van der Waals surface area (Å²) in [5.74, 6) is 0. The van der Waals surface area contributed by atoms with Crippen molar-refractivity contribution in [2.75, 3.05) is 13.2 Å². The van der Waals surface area contributed by atoms with Crippen molar-refractivity contribution in [1.82, 2.24) is 14.7 Å². The van der Waals surface area contributed by atoms with Gasteiger partial charge in [-0.3, -0.25) is 9.58 Å². The average Bonchev–Trinajstić information content (AvgIpc) is 2.90. The van der Waals surface area contributed by atoms with E-state index in [1.807, 2.05) is 4.68 Å². The maximum absolute atomic E-state index is 9.83. The highest BCUT2D eigenvalue weighted by atomic mass is 16.5. The van der Waals surface area contributed by atoms with Crippen LogP contribution in [0.15, 0.2) is 6.20 Å². The van der Waals surface area contributed by atoms with Gasteiger partial charge in [0.25, 0.3) is 0 Å². The Hall–Kier alpha value is -1.38. The second kappa shape index (κ2) is 6.62. The van der Waals surface area contributed by atoms with Gasteiger partial charge in [-0.15, -0.1) is 0 Å². The Morgan fingerprint density at radius 1 is 1.39 bits per heavy atom. The number of nitriles is 1. The number of piperidine rings is 1. The predicted octanol–water partition coefficient (Wildman–Crippen LogP) is 3.20. The van der Waals surface area contributed by atoms with Crippen molar-refractivity contribution >= 4 is 0 Å². The number of likely N-dealkylation sites (tertiary alicyclic amines) is 1. The van der Waals surface area contributed by atoms with Crippen LogP contribution in [0.4, 0.5) is 0 Å². The van der Waals surface area contributed by atoms with E-state index in [-0.39, 0.29) is 11.6 Å². The van der Waals surface area contributed by atoms with Crippen LogP contribution in [0.5, 0.6) is 0 Å². The largest absolute Gasteiger partial charge is 0.372 e. The van der Waals surface area contributed by atoms with Crippen molar-refractivity contribution in [2.45, 2.75) is 77.1 Å². The highest BCUT2D eigenvalue weighted by molar-refractivity contribution is 5.18. The van der Waals surface area contributed by atoms with Gasteiger partial charge in [-0.1, -0.05) is 0 Å². The summed E-state index contributed by atoms with van der Waals surface area (Å²) in [6.07, 6.45) is 7.58. The lowest BCUT2D eigenvalue weighted by Gasteiger charge is -2.48. The number of hydrogen-bond donors (Lipinski definition) is 0. The van der Waals surface area contributed by atoms with Crippen molar-refractivity contribution in [3.63, 3.8) is 0 Å². The zero-order chi connectivity index (χ0) is 16.4. The Balaban J connectivity index is 1.80. The van der Waals surface area contributed by atoms with E-state index < -0.39 is 0 Å². The molecule has 2 fully saturated rings. The zero-order valence-electron chi connectivity index (χ0n) is 14.6. The highest BCUT2D eigenvalue weighted by Crippen LogP contribution is 2.39. The van der Waals surface area contributed by atoms with Crippen LogP contribution in [0.2, 0.25) is 0 Å². The molecule has 23 heavy (non-hydrogen) atoms. The summed E-state index contributed by atoms with van der Waals surface area (Å²) in [5.41, 5.74) is 2.05. The molecule has 0 unspecified atom stereocenters. The molecule has 0 amide bonds. The van der Waals surface area contributed by atoms with E-state index in [9.17, 15) is 5.26 Å². The van der Waals surface area contributed by atoms with Crippen molar-refractivity contribution < 1.29 is 4.74 Å². The summed E-state index contributed by atoms with van der Waals surface area (Å²) in [7, 11) is 0. The molecular weight excluding hydrogens is 288 g/mol. The summed E-state index contributed by atoms with van der Waals surface area (Å²) >= 11 is 0. The third-order valence-electron chi connectivity index (χ3n) is 5.34. The van der Waals surface area contributed by atoms with Crippen LogP contribution >= 0.6 is 0 Å². The van der Waals surface area contributed by atoms with Crippen LogP contribution in [-0.4, -0.2) is 39.5 Å². The van der Waals surface area contributed by atoms with Gasteiger partial charge in [0.05, 0.1) is 17.4 Å². The topological polar surface area (TPSA) is 54.1 Å². The molecule has 0 aliphatic carbocycles. The molecule has 0 saturated carbocycles. The molecule has 1 aromatic rings. The van der Waals surface area contributed by atoms with E-state index in [0.29, 0.717) is 6.04 Å². The van der Waals surface area contributed by atoms with Crippen LogP contribution in [-0.2, 0) is 11.3 Å². The Morgan fingerprint density at radius 3 is 2.78 bits per heavy atom. The second-order valence-electron chi connectivity index (χ2n) is 7.29. The summed E-state index contributed by atoms with van der Waals surface area (Å²) in [5, 5.41) is 14.4. The van der Waals surface area contributed by atoms with E-state index in [4.69, 9.17) is 4.74 Å². The van der Waals surface area contributed by atoms with Gasteiger partial charge in [0.1, 0.15) is 6.04 Å². The van der Waals surface area contributed by atoms with Crippen LogP contribution < -0.4 is 0 Å². The van der Waals surface area contributed by atoms with Gasteiger partial charge >= 0.3 is 0 Å². The predicted molar refractivity (Wildman–Crippen MR) is 88.9 cm³/mol. The Bertz CT molecular complexity index is 575. The molecule has 2 saturated heterocycles. The third kappa shape index (κ3) is 3.15. The lowest BCUT2D eigenvalue weighted by Crippen LogP contribution is -2.58. The Labute approximate surface area is 139 Å². The molecule has 2 atom stereocenters. The van der Waals surface area contributed by atoms with Crippen molar-refractivity contribution in [3.05, 3.63) is 17.5 Å². The quantitative estimate of drug-likeness (QED) is 0.859. The first-order valence-corrected chi connectivity index (χ1v) is 8.88. The number of ether oxygens (including phenoxy) is 1. The van der Waals surface area contributed by atoms with Crippen molar-refractivity contribution in [3.8, 4) is 6.07 Å². The molecule has 0 radical (unpaired) electrons. The maximum atomic E-state index is 9.83. The summed E-state index contributed by atoms with van der Waals surface area (Å²) in [6, 6.07) is 2.78. The Kier molecular flexibility index (Phi) is 4.74. The van der Waals surface area contributed by atoms with Crippen molar-refractivity contribution in [2.24, 2.45) is 0 Å². The fourth-order valence-electron chi connectivity index (χ4n) is 3.99. The van der Waals surface area contributed by atoms with Gasteiger partial charge in [-0.05, 0) is 59.4 Å². The molecule has 3 rings (SSSR count). The minimum absolute atomic E-state index is 0.140. The molecular formula is C18H28N4O. The second-order valence-corrected chi connectivity index (χ2v) is 7.29. The zero-order valence-corrected chi connectivity index (χ0v) is 14.6. The lowest BCUT2D eigenvalue weighted by molar-refractivity contribution is -0.138. The molecule has 126 valence electrons. The summed E-state index contributed by atoms with van der Waals surface area (Å²) in [4.78, 5) is 2.31. The molecule has 0 N–H and O–H groups in total. The van der Waals surface area contributed by atoms with Crippen LogP contribution in [0.25, 0.3) is 0 Å². The molecule has 2 aliphatic heterocycles. The molecule has 0 bridgehead atoms. The normalized spacial score (nSPS) is 29.1. The molecule has 5 heteroatoms. The number of aryl methyl sites for hydroxylation is 1. The first kappa shape index (κ1) is 16.5. The van der Waals surface area contributed by atoms with Gasteiger partial charge in [0, 0.05) is 31.0 Å². The number of rotatable bonds is 3. The SMILES string of the molecule is Cc1nn(C(C)C)cc1CN1CCC[C@]2(CCCCO2)[C@H]1C#N.